The van der Waals surface area contributed by atoms with Crippen LogP contribution < -0.4 is 10.1 Å². The van der Waals surface area contributed by atoms with Gasteiger partial charge in [0.2, 0.25) is 0 Å². The van der Waals surface area contributed by atoms with Gasteiger partial charge in [0.25, 0.3) is 5.91 Å². The van der Waals surface area contributed by atoms with E-state index in [-0.39, 0.29) is 19.1 Å². The number of aromatic nitrogens is 2. The molecule has 2 N–H and O–H groups in total. The highest BCUT2D eigenvalue weighted by Crippen LogP contribution is 2.16. The zero-order chi connectivity index (χ0) is 17.8. The Morgan fingerprint density at radius 2 is 2.08 bits per heavy atom. The maximum atomic E-state index is 12.2. The quantitative estimate of drug-likeness (QED) is 0.708. The Hall–Kier alpha value is -2.57. The van der Waals surface area contributed by atoms with Crippen LogP contribution in [0.25, 0.3) is 11.0 Å². The van der Waals surface area contributed by atoms with E-state index in [1.807, 2.05) is 17.7 Å². The minimum absolute atomic E-state index is 0.0706. The number of nitrogens with zero attached hydrogens (tertiary/aromatic N) is 2. The second-order valence-corrected chi connectivity index (χ2v) is 6.12. The normalized spacial score (nSPS) is 12.1. The van der Waals surface area contributed by atoms with E-state index in [0.717, 1.165) is 11.0 Å². The molecule has 130 valence electrons. The molecule has 25 heavy (non-hydrogen) atoms. The summed E-state index contributed by atoms with van der Waals surface area (Å²) < 4.78 is 7.33. The van der Waals surface area contributed by atoms with Crippen molar-refractivity contribution in [3.8, 4) is 5.75 Å². The number of carbonyl (C=O) groups excluding carboxylic acids is 1. The molecule has 0 aliphatic rings. The van der Waals surface area contributed by atoms with E-state index in [1.165, 1.54) is 0 Å². The molecule has 2 aromatic carbocycles. The lowest BCUT2D eigenvalue weighted by molar-refractivity contribution is 0.0844. The predicted molar refractivity (Wildman–Crippen MR) is 96.0 cm³/mol. The van der Waals surface area contributed by atoms with E-state index in [2.05, 4.69) is 10.3 Å². The number of nitrogens with one attached hydrogen (secondary N) is 1. The number of benzene rings is 2. The first-order valence-corrected chi connectivity index (χ1v) is 8.16. The highest BCUT2D eigenvalue weighted by atomic mass is 35.5. The molecule has 1 atom stereocenters. The summed E-state index contributed by atoms with van der Waals surface area (Å²) >= 11 is 5.80. The van der Waals surface area contributed by atoms with Crippen molar-refractivity contribution in [2.45, 2.75) is 6.10 Å². The molecular weight excluding hydrogens is 342 g/mol. The third-order valence-corrected chi connectivity index (χ3v) is 3.99. The Kier molecular flexibility index (Phi) is 5.21. The third-order valence-electron chi connectivity index (χ3n) is 3.74. The maximum Gasteiger partial charge on any atom is 0.251 e. The smallest absolute Gasteiger partial charge is 0.251 e. The first-order chi connectivity index (χ1) is 12.0. The molecule has 1 amide bonds. The topological polar surface area (TPSA) is 76.4 Å². The van der Waals surface area contributed by atoms with Crippen LogP contribution in [0, 0.1) is 0 Å². The predicted octanol–water partition coefficient (Wildman–Crippen LogP) is 2.40. The fraction of sp³-hybridized carbons (Fsp3) is 0.222. The van der Waals surface area contributed by atoms with Gasteiger partial charge in [0.1, 0.15) is 18.5 Å². The molecule has 0 radical (unpaired) electrons. The van der Waals surface area contributed by atoms with Gasteiger partial charge in [-0.1, -0.05) is 11.6 Å². The summed E-state index contributed by atoms with van der Waals surface area (Å²) in [6.45, 7) is 0.161. The van der Waals surface area contributed by atoms with Crippen LogP contribution in [0.2, 0.25) is 5.02 Å². The average Bonchev–Trinajstić information content (AvgIpc) is 2.99. The monoisotopic (exact) mass is 359 g/mol. The van der Waals surface area contributed by atoms with Gasteiger partial charge < -0.3 is 19.7 Å². The Bertz CT molecular complexity index is 877. The fourth-order valence-corrected chi connectivity index (χ4v) is 2.50. The van der Waals surface area contributed by atoms with Crippen LogP contribution in [0.1, 0.15) is 10.4 Å². The summed E-state index contributed by atoms with van der Waals surface area (Å²) in [6, 6.07) is 12.2. The van der Waals surface area contributed by atoms with E-state index in [4.69, 9.17) is 16.3 Å². The number of aliphatic hydroxyl groups excluding tert-OH is 1. The Labute approximate surface area is 150 Å². The lowest BCUT2D eigenvalue weighted by Crippen LogP contribution is -2.35. The van der Waals surface area contributed by atoms with E-state index in [0.29, 0.717) is 16.3 Å². The Morgan fingerprint density at radius 1 is 1.32 bits per heavy atom. The first kappa shape index (κ1) is 17.3. The van der Waals surface area contributed by atoms with Crippen molar-refractivity contribution in [2.24, 2.45) is 7.05 Å². The number of rotatable bonds is 6. The first-order valence-electron chi connectivity index (χ1n) is 7.78. The van der Waals surface area contributed by atoms with Gasteiger partial charge in [-0.3, -0.25) is 4.79 Å². The molecule has 0 spiro atoms. The minimum Gasteiger partial charge on any atom is -0.491 e. The molecule has 3 aromatic rings. The van der Waals surface area contributed by atoms with Crippen molar-refractivity contribution in [1.82, 2.24) is 14.9 Å². The van der Waals surface area contributed by atoms with Crippen LogP contribution in [-0.2, 0) is 7.05 Å². The number of fused-ring (bicyclic) bond motifs is 1. The van der Waals surface area contributed by atoms with E-state index in [1.54, 1.807) is 42.7 Å². The number of ether oxygens (including phenoxy) is 1. The molecule has 0 aliphatic heterocycles. The van der Waals surface area contributed by atoms with Gasteiger partial charge >= 0.3 is 0 Å². The summed E-state index contributed by atoms with van der Waals surface area (Å²) in [5.41, 5.74) is 2.20. The van der Waals surface area contributed by atoms with Crippen molar-refractivity contribution in [1.29, 1.82) is 0 Å². The fourth-order valence-electron chi connectivity index (χ4n) is 2.37. The molecule has 3 rings (SSSR count). The number of carbonyl (C=O) groups is 1. The zero-order valence-corrected chi connectivity index (χ0v) is 14.4. The van der Waals surface area contributed by atoms with Crippen molar-refractivity contribution in [2.75, 3.05) is 13.2 Å². The van der Waals surface area contributed by atoms with Crippen molar-refractivity contribution >= 4 is 28.5 Å². The number of aliphatic hydroxyl groups is 1. The van der Waals surface area contributed by atoms with Crippen molar-refractivity contribution in [3.63, 3.8) is 0 Å². The number of hydrogen-bond donors (Lipinski definition) is 2. The van der Waals surface area contributed by atoms with Crippen LogP contribution in [-0.4, -0.2) is 39.8 Å². The molecule has 0 fully saturated rings. The molecule has 1 unspecified atom stereocenters. The molecule has 6 nitrogen and oxygen atoms in total. The summed E-state index contributed by atoms with van der Waals surface area (Å²) in [4.78, 5) is 16.4. The number of imidazole rings is 1. The minimum atomic E-state index is -0.821. The molecular formula is C18H18ClN3O3. The van der Waals surface area contributed by atoms with Gasteiger partial charge in [-0.2, -0.15) is 0 Å². The second kappa shape index (κ2) is 7.55. The number of aryl methyl sites for hydroxylation is 1. The SMILES string of the molecule is Cn1cnc2cc(C(=O)NCC(O)COc3ccc(Cl)cc3)ccc21. The van der Waals surface area contributed by atoms with E-state index >= 15 is 0 Å². The zero-order valence-electron chi connectivity index (χ0n) is 13.6. The molecule has 1 aromatic heterocycles. The molecule has 0 saturated heterocycles. The lowest BCUT2D eigenvalue weighted by atomic mass is 10.2. The summed E-state index contributed by atoms with van der Waals surface area (Å²) in [6.07, 6.45) is 0.878. The second-order valence-electron chi connectivity index (χ2n) is 5.69. The molecule has 0 bridgehead atoms. The maximum absolute atomic E-state index is 12.2. The van der Waals surface area contributed by atoms with Crippen LogP contribution in [0.15, 0.2) is 48.8 Å². The van der Waals surface area contributed by atoms with Crippen molar-refractivity contribution in [3.05, 3.63) is 59.4 Å². The van der Waals surface area contributed by atoms with E-state index < -0.39 is 6.10 Å². The summed E-state index contributed by atoms with van der Waals surface area (Å²) in [5.74, 6) is 0.341. The van der Waals surface area contributed by atoms with E-state index in [9.17, 15) is 9.90 Å². The number of hydrogen-bond acceptors (Lipinski definition) is 4. The van der Waals surface area contributed by atoms with Crippen LogP contribution in [0.5, 0.6) is 5.75 Å². The van der Waals surface area contributed by atoms with Gasteiger partial charge in [0.15, 0.2) is 0 Å². The summed E-state index contributed by atoms with van der Waals surface area (Å²) in [5, 5.41) is 13.3. The Morgan fingerprint density at radius 3 is 2.84 bits per heavy atom. The highest BCUT2D eigenvalue weighted by molar-refractivity contribution is 6.30. The third kappa shape index (κ3) is 4.29. The molecule has 0 aliphatic carbocycles. The van der Waals surface area contributed by atoms with Gasteiger partial charge in [-0.15, -0.1) is 0 Å². The van der Waals surface area contributed by atoms with Gasteiger partial charge in [0, 0.05) is 24.2 Å². The lowest BCUT2D eigenvalue weighted by Gasteiger charge is -2.13. The number of amides is 1. The van der Waals surface area contributed by atoms with Crippen LogP contribution in [0.3, 0.4) is 0 Å². The standard InChI is InChI=1S/C18H18ClN3O3/c1-22-11-21-16-8-12(2-7-17(16)22)18(24)20-9-14(23)10-25-15-5-3-13(19)4-6-15/h2-8,11,14,23H,9-10H2,1H3,(H,20,24). The average molecular weight is 360 g/mol. The van der Waals surface area contributed by atoms with Gasteiger partial charge in [0.05, 0.1) is 17.4 Å². The summed E-state index contributed by atoms with van der Waals surface area (Å²) in [7, 11) is 1.89. The van der Waals surface area contributed by atoms with Crippen LogP contribution in [0.4, 0.5) is 0 Å². The molecule has 7 heteroatoms. The van der Waals surface area contributed by atoms with Crippen LogP contribution >= 0.6 is 11.6 Å². The molecule has 1 heterocycles. The largest absolute Gasteiger partial charge is 0.491 e. The van der Waals surface area contributed by atoms with Crippen molar-refractivity contribution < 1.29 is 14.6 Å². The Balaban J connectivity index is 1.51. The van der Waals surface area contributed by atoms with Gasteiger partial charge in [-0.25, -0.2) is 4.98 Å². The van der Waals surface area contributed by atoms with Gasteiger partial charge in [-0.05, 0) is 42.5 Å². The molecule has 0 saturated carbocycles. The highest BCUT2D eigenvalue weighted by Gasteiger charge is 2.11. The number of halogens is 1.